The fourth-order valence-corrected chi connectivity index (χ4v) is 1.50. The highest BCUT2D eigenvalue weighted by Gasteiger charge is 2.02. The number of nitrogens with one attached hydrogen (secondary N) is 1. The first-order valence-electron chi connectivity index (χ1n) is 5.76. The van der Waals surface area contributed by atoms with E-state index in [0.29, 0.717) is 5.76 Å². The number of carbonyl (C=O) groups excluding carboxylic acids is 1. The first-order valence-corrected chi connectivity index (χ1v) is 5.76. The molecule has 1 aromatic heterocycles. The summed E-state index contributed by atoms with van der Waals surface area (Å²) in [5, 5.41) is 3.80. The average Bonchev–Trinajstić information content (AvgIpc) is 2.93. The van der Waals surface area contributed by atoms with Gasteiger partial charge in [-0.15, -0.1) is 0 Å². The number of ether oxygens (including phenoxy) is 1. The van der Waals surface area contributed by atoms with E-state index in [1.165, 1.54) is 6.21 Å². The number of amides is 1. The van der Waals surface area contributed by atoms with Gasteiger partial charge in [0.05, 0.1) is 26.0 Å². The number of hydrazone groups is 1. The molecule has 0 spiro atoms. The lowest BCUT2D eigenvalue weighted by molar-refractivity contribution is -0.120. The van der Waals surface area contributed by atoms with E-state index in [9.17, 15) is 4.79 Å². The Morgan fingerprint density at radius 1 is 1.37 bits per heavy atom. The fraction of sp³-hybridized carbons (Fsp3) is 0.143. The second-order valence-electron chi connectivity index (χ2n) is 3.83. The molecule has 0 atom stereocenters. The van der Waals surface area contributed by atoms with Crippen LogP contribution >= 0.6 is 0 Å². The number of nitrogens with zero attached hydrogens (tertiary/aromatic N) is 1. The number of methoxy groups -OCH3 is 1. The first kappa shape index (κ1) is 12.9. The van der Waals surface area contributed by atoms with Gasteiger partial charge in [-0.25, -0.2) is 5.43 Å². The van der Waals surface area contributed by atoms with Crippen molar-refractivity contribution >= 4 is 12.1 Å². The molecule has 19 heavy (non-hydrogen) atoms. The fourth-order valence-electron chi connectivity index (χ4n) is 1.50. The Kier molecular flexibility index (Phi) is 4.34. The lowest BCUT2D eigenvalue weighted by atomic mass is 10.1. The van der Waals surface area contributed by atoms with Crippen molar-refractivity contribution in [3.8, 4) is 5.75 Å². The Hall–Kier alpha value is -2.56. The van der Waals surface area contributed by atoms with Crippen molar-refractivity contribution in [3.63, 3.8) is 0 Å². The van der Waals surface area contributed by atoms with Crippen LogP contribution in [0.1, 0.15) is 11.3 Å². The van der Waals surface area contributed by atoms with Gasteiger partial charge >= 0.3 is 0 Å². The largest absolute Gasteiger partial charge is 0.497 e. The maximum absolute atomic E-state index is 11.6. The Balaban J connectivity index is 1.83. The molecule has 0 saturated carbocycles. The van der Waals surface area contributed by atoms with Crippen LogP contribution in [0, 0.1) is 0 Å². The van der Waals surface area contributed by atoms with Gasteiger partial charge in [0.1, 0.15) is 11.5 Å². The minimum Gasteiger partial charge on any atom is -0.497 e. The summed E-state index contributed by atoms with van der Waals surface area (Å²) >= 11 is 0. The van der Waals surface area contributed by atoms with Crippen LogP contribution < -0.4 is 10.2 Å². The van der Waals surface area contributed by atoms with Gasteiger partial charge in [0, 0.05) is 0 Å². The quantitative estimate of drug-likeness (QED) is 0.659. The molecule has 0 fully saturated rings. The van der Waals surface area contributed by atoms with E-state index in [1.54, 1.807) is 25.5 Å². The number of carbonyl (C=O) groups is 1. The van der Waals surface area contributed by atoms with Crippen molar-refractivity contribution in [2.75, 3.05) is 7.11 Å². The molecule has 1 N–H and O–H groups in total. The normalized spacial score (nSPS) is 10.6. The van der Waals surface area contributed by atoms with Crippen LogP contribution in [-0.2, 0) is 11.2 Å². The molecular weight excluding hydrogens is 244 g/mol. The molecule has 0 aliphatic rings. The predicted molar refractivity (Wildman–Crippen MR) is 71.1 cm³/mol. The lowest BCUT2D eigenvalue weighted by Gasteiger charge is -2.02. The van der Waals surface area contributed by atoms with Crippen molar-refractivity contribution in [3.05, 3.63) is 54.0 Å². The summed E-state index contributed by atoms with van der Waals surface area (Å²) in [6.45, 7) is 0. The Bertz CT molecular complexity index is 545. The summed E-state index contributed by atoms with van der Waals surface area (Å²) in [5.41, 5.74) is 3.33. The summed E-state index contributed by atoms with van der Waals surface area (Å²) in [5.74, 6) is 1.16. The van der Waals surface area contributed by atoms with Crippen LogP contribution in [0.15, 0.2) is 52.2 Å². The zero-order chi connectivity index (χ0) is 13.5. The standard InChI is InChI=1S/C14H14N2O3/c1-18-12-6-4-11(5-7-12)9-14(17)16-15-10-13-3-2-8-19-13/h2-8,10H,9H2,1H3,(H,16,17)/b15-10-. The zero-order valence-corrected chi connectivity index (χ0v) is 10.5. The van der Waals surface area contributed by atoms with E-state index in [-0.39, 0.29) is 12.3 Å². The van der Waals surface area contributed by atoms with Crippen molar-refractivity contribution in [2.45, 2.75) is 6.42 Å². The van der Waals surface area contributed by atoms with Gasteiger partial charge in [0.25, 0.3) is 0 Å². The molecule has 2 aromatic rings. The Morgan fingerprint density at radius 3 is 2.79 bits per heavy atom. The smallest absolute Gasteiger partial charge is 0.244 e. The molecule has 1 aromatic carbocycles. The van der Waals surface area contributed by atoms with E-state index in [4.69, 9.17) is 9.15 Å². The zero-order valence-electron chi connectivity index (χ0n) is 10.5. The second-order valence-corrected chi connectivity index (χ2v) is 3.83. The van der Waals surface area contributed by atoms with E-state index >= 15 is 0 Å². The molecule has 2 rings (SSSR count). The molecule has 0 radical (unpaired) electrons. The molecule has 5 heteroatoms. The molecule has 5 nitrogen and oxygen atoms in total. The molecule has 0 bridgehead atoms. The van der Waals surface area contributed by atoms with Gasteiger partial charge in [-0.05, 0) is 29.8 Å². The monoisotopic (exact) mass is 258 g/mol. The average molecular weight is 258 g/mol. The van der Waals surface area contributed by atoms with E-state index in [0.717, 1.165) is 11.3 Å². The van der Waals surface area contributed by atoms with E-state index in [1.807, 2.05) is 24.3 Å². The number of hydrogen-bond acceptors (Lipinski definition) is 4. The number of hydrogen-bond donors (Lipinski definition) is 1. The third-order valence-corrected chi connectivity index (χ3v) is 2.45. The van der Waals surface area contributed by atoms with Crippen molar-refractivity contribution in [1.82, 2.24) is 5.43 Å². The molecule has 0 unspecified atom stereocenters. The SMILES string of the molecule is COc1ccc(CC(=O)N/N=C\c2ccco2)cc1. The molecule has 1 amide bonds. The van der Waals surface area contributed by atoms with E-state index < -0.39 is 0 Å². The maximum Gasteiger partial charge on any atom is 0.244 e. The summed E-state index contributed by atoms with van der Waals surface area (Å²) in [7, 11) is 1.60. The third-order valence-electron chi connectivity index (χ3n) is 2.45. The number of rotatable bonds is 5. The maximum atomic E-state index is 11.6. The molecule has 0 aliphatic carbocycles. The third kappa shape index (κ3) is 3.99. The molecule has 0 aliphatic heterocycles. The molecular formula is C14H14N2O3. The summed E-state index contributed by atoms with van der Waals surface area (Å²) < 4.78 is 10.1. The van der Waals surface area contributed by atoms with Crippen molar-refractivity contribution in [1.29, 1.82) is 0 Å². The van der Waals surface area contributed by atoms with Crippen LogP contribution in [0.5, 0.6) is 5.75 Å². The van der Waals surface area contributed by atoms with Crippen LogP contribution in [-0.4, -0.2) is 19.2 Å². The second kappa shape index (κ2) is 6.39. The van der Waals surface area contributed by atoms with Crippen molar-refractivity contribution < 1.29 is 13.9 Å². The van der Waals surface area contributed by atoms with Gasteiger partial charge in [-0.2, -0.15) is 5.10 Å². The minimum absolute atomic E-state index is 0.187. The summed E-state index contributed by atoms with van der Waals surface area (Å²) in [6.07, 6.45) is 3.26. The highest BCUT2D eigenvalue weighted by Crippen LogP contribution is 2.11. The highest BCUT2D eigenvalue weighted by molar-refractivity contribution is 5.81. The van der Waals surface area contributed by atoms with Gasteiger partial charge in [-0.1, -0.05) is 12.1 Å². The number of benzene rings is 1. The van der Waals surface area contributed by atoms with Crippen LogP contribution in [0.2, 0.25) is 0 Å². The summed E-state index contributed by atoms with van der Waals surface area (Å²) in [4.78, 5) is 11.6. The summed E-state index contributed by atoms with van der Waals surface area (Å²) in [6, 6.07) is 10.8. The van der Waals surface area contributed by atoms with Gasteiger partial charge < -0.3 is 9.15 Å². The van der Waals surface area contributed by atoms with Crippen LogP contribution in [0.4, 0.5) is 0 Å². The predicted octanol–water partition coefficient (Wildman–Crippen LogP) is 1.98. The van der Waals surface area contributed by atoms with Crippen LogP contribution in [0.25, 0.3) is 0 Å². The van der Waals surface area contributed by atoms with Gasteiger partial charge in [-0.3, -0.25) is 4.79 Å². The Labute approximate surface area is 110 Å². The lowest BCUT2D eigenvalue weighted by Crippen LogP contribution is -2.19. The molecule has 98 valence electrons. The van der Waals surface area contributed by atoms with Crippen LogP contribution in [0.3, 0.4) is 0 Å². The topological polar surface area (TPSA) is 63.8 Å². The molecule has 1 heterocycles. The first-order chi connectivity index (χ1) is 9.28. The number of furan rings is 1. The Morgan fingerprint density at radius 2 is 2.16 bits per heavy atom. The van der Waals surface area contributed by atoms with Gasteiger partial charge in [0.2, 0.25) is 5.91 Å². The van der Waals surface area contributed by atoms with Gasteiger partial charge in [0.15, 0.2) is 0 Å². The van der Waals surface area contributed by atoms with Crippen molar-refractivity contribution in [2.24, 2.45) is 5.10 Å². The van der Waals surface area contributed by atoms with E-state index in [2.05, 4.69) is 10.5 Å². The highest BCUT2D eigenvalue weighted by atomic mass is 16.5. The molecule has 0 saturated heterocycles. The minimum atomic E-state index is -0.187.